The van der Waals surface area contributed by atoms with Crippen LogP contribution >= 0.6 is 0 Å². The van der Waals surface area contributed by atoms with Crippen molar-refractivity contribution in [1.82, 2.24) is 4.90 Å². The second kappa shape index (κ2) is 3.24. The third kappa shape index (κ3) is 1.61. The van der Waals surface area contributed by atoms with Crippen molar-refractivity contribution in [2.45, 2.75) is 19.4 Å². The van der Waals surface area contributed by atoms with Gasteiger partial charge in [-0.3, -0.25) is 0 Å². The highest BCUT2D eigenvalue weighted by Gasteiger charge is 2.29. The van der Waals surface area contributed by atoms with Crippen LogP contribution in [0.25, 0.3) is 0 Å². The van der Waals surface area contributed by atoms with Crippen molar-refractivity contribution in [3.8, 4) is 6.07 Å². The van der Waals surface area contributed by atoms with Crippen LogP contribution in [0.5, 0.6) is 0 Å². The lowest BCUT2D eigenvalue weighted by molar-refractivity contribution is 0.134. The van der Waals surface area contributed by atoms with Crippen LogP contribution in [0, 0.1) is 11.3 Å². The molecule has 0 aromatic heterocycles. The van der Waals surface area contributed by atoms with Gasteiger partial charge in [0.2, 0.25) is 0 Å². The first-order valence-electron chi connectivity index (χ1n) is 3.60. The second-order valence-corrected chi connectivity index (χ2v) is 2.41. The van der Waals surface area contributed by atoms with Crippen LogP contribution in [0.15, 0.2) is 0 Å². The summed E-state index contributed by atoms with van der Waals surface area (Å²) in [5.41, 5.74) is 0. The zero-order chi connectivity index (χ0) is 8.27. The lowest BCUT2D eigenvalue weighted by Gasteiger charge is -2.06. The first-order valence-corrected chi connectivity index (χ1v) is 3.60. The van der Waals surface area contributed by atoms with E-state index in [-0.39, 0.29) is 12.2 Å². The number of nitrogens with zero attached hydrogens (tertiary/aromatic N) is 2. The monoisotopic (exact) mass is 154 g/mol. The van der Waals surface area contributed by atoms with E-state index in [4.69, 9.17) is 10.00 Å². The third-order valence-corrected chi connectivity index (χ3v) is 1.65. The van der Waals surface area contributed by atoms with Crippen LogP contribution in [-0.2, 0) is 4.74 Å². The van der Waals surface area contributed by atoms with Gasteiger partial charge in [0.1, 0.15) is 6.10 Å². The molecule has 0 saturated carbocycles. The van der Waals surface area contributed by atoms with Gasteiger partial charge in [-0.15, -0.1) is 0 Å². The quantitative estimate of drug-likeness (QED) is 0.589. The van der Waals surface area contributed by atoms with Gasteiger partial charge in [0, 0.05) is 6.54 Å². The van der Waals surface area contributed by atoms with E-state index in [1.807, 2.05) is 13.0 Å². The number of carbonyl (C=O) groups excluding carboxylic acids is 1. The topological polar surface area (TPSA) is 53.3 Å². The summed E-state index contributed by atoms with van der Waals surface area (Å²) in [4.78, 5) is 12.5. The Kier molecular flexibility index (Phi) is 2.32. The Morgan fingerprint density at radius 1 is 1.91 bits per heavy atom. The van der Waals surface area contributed by atoms with E-state index >= 15 is 0 Å². The van der Waals surface area contributed by atoms with E-state index in [0.29, 0.717) is 19.5 Å². The SMILES string of the molecule is CCN1CC(CC#N)OC1=O. The summed E-state index contributed by atoms with van der Waals surface area (Å²) in [6.07, 6.45) is -0.220. The Balaban J connectivity index is 2.44. The molecule has 60 valence electrons. The summed E-state index contributed by atoms with van der Waals surface area (Å²) in [6, 6.07) is 1.97. The third-order valence-electron chi connectivity index (χ3n) is 1.65. The molecule has 4 heteroatoms. The molecular weight excluding hydrogens is 144 g/mol. The van der Waals surface area contributed by atoms with Gasteiger partial charge in [-0.1, -0.05) is 0 Å². The summed E-state index contributed by atoms with van der Waals surface area (Å²) in [5.74, 6) is 0. The molecule has 1 saturated heterocycles. The Hall–Kier alpha value is -1.24. The molecule has 1 aliphatic heterocycles. The number of amides is 1. The van der Waals surface area contributed by atoms with Crippen LogP contribution in [0.3, 0.4) is 0 Å². The molecule has 0 bridgehead atoms. The number of rotatable bonds is 2. The fourth-order valence-electron chi connectivity index (χ4n) is 1.04. The molecule has 4 nitrogen and oxygen atoms in total. The van der Waals surface area contributed by atoms with Crippen molar-refractivity contribution in [3.05, 3.63) is 0 Å². The molecule has 0 N–H and O–H groups in total. The smallest absolute Gasteiger partial charge is 0.410 e. The zero-order valence-electron chi connectivity index (χ0n) is 6.41. The highest BCUT2D eigenvalue weighted by molar-refractivity contribution is 5.69. The summed E-state index contributed by atoms with van der Waals surface area (Å²) in [5, 5.41) is 8.31. The summed E-state index contributed by atoms with van der Waals surface area (Å²) in [6.45, 7) is 3.10. The molecule has 0 aromatic rings. The lowest BCUT2D eigenvalue weighted by Crippen LogP contribution is -2.24. The van der Waals surface area contributed by atoms with Gasteiger partial charge in [-0.2, -0.15) is 5.26 Å². The molecule has 1 heterocycles. The predicted octanol–water partition coefficient (Wildman–Crippen LogP) is 0.741. The second-order valence-electron chi connectivity index (χ2n) is 2.41. The van der Waals surface area contributed by atoms with Gasteiger partial charge in [-0.25, -0.2) is 4.79 Å². The van der Waals surface area contributed by atoms with Crippen molar-refractivity contribution in [2.24, 2.45) is 0 Å². The average Bonchev–Trinajstić information content (AvgIpc) is 2.32. The normalized spacial score (nSPS) is 23.1. The van der Waals surface area contributed by atoms with E-state index in [9.17, 15) is 4.79 Å². The number of hydrogen-bond acceptors (Lipinski definition) is 3. The van der Waals surface area contributed by atoms with Gasteiger partial charge in [0.15, 0.2) is 0 Å². The molecule has 0 aliphatic carbocycles. The Morgan fingerprint density at radius 2 is 2.64 bits per heavy atom. The number of hydrogen-bond donors (Lipinski definition) is 0. The van der Waals surface area contributed by atoms with E-state index in [1.165, 1.54) is 0 Å². The Morgan fingerprint density at radius 3 is 3.09 bits per heavy atom. The van der Waals surface area contributed by atoms with Crippen molar-refractivity contribution in [3.63, 3.8) is 0 Å². The first kappa shape index (κ1) is 7.86. The standard InChI is InChI=1S/C7H10N2O2/c1-2-9-5-6(3-4-8)11-7(9)10/h6H,2-3,5H2,1H3. The van der Waals surface area contributed by atoms with Crippen LogP contribution in [-0.4, -0.2) is 30.2 Å². The van der Waals surface area contributed by atoms with Crippen LogP contribution in [0.2, 0.25) is 0 Å². The molecular formula is C7H10N2O2. The van der Waals surface area contributed by atoms with Crippen LogP contribution in [0.1, 0.15) is 13.3 Å². The molecule has 1 fully saturated rings. The summed E-state index contributed by atoms with van der Waals surface area (Å²) >= 11 is 0. The Bertz CT molecular complexity index is 197. The van der Waals surface area contributed by atoms with E-state index in [1.54, 1.807) is 4.90 Å². The predicted molar refractivity (Wildman–Crippen MR) is 37.7 cm³/mol. The van der Waals surface area contributed by atoms with Gasteiger partial charge < -0.3 is 9.64 Å². The fourth-order valence-corrected chi connectivity index (χ4v) is 1.04. The van der Waals surface area contributed by atoms with Crippen molar-refractivity contribution in [1.29, 1.82) is 5.26 Å². The average molecular weight is 154 g/mol. The molecule has 1 rings (SSSR count). The highest BCUT2D eigenvalue weighted by atomic mass is 16.6. The summed E-state index contributed by atoms with van der Waals surface area (Å²) in [7, 11) is 0. The minimum Gasteiger partial charge on any atom is -0.443 e. The van der Waals surface area contributed by atoms with Crippen molar-refractivity contribution in [2.75, 3.05) is 13.1 Å². The van der Waals surface area contributed by atoms with Gasteiger partial charge in [0.05, 0.1) is 19.0 Å². The number of ether oxygens (including phenoxy) is 1. The highest BCUT2D eigenvalue weighted by Crippen LogP contribution is 2.12. The van der Waals surface area contributed by atoms with E-state index < -0.39 is 0 Å². The zero-order valence-corrected chi connectivity index (χ0v) is 6.41. The number of cyclic esters (lactones) is 1. The maximum absolute atomic E-state index is 10.9. The molecule has 11 heavy (non-hydrogen) atoms. The maximum Gasteiger partial charge on any atom is 0.410 e. The molecule has 1 atom stereocenters. The van der Waals surface area contributed by atoms with Crippen LogP contribution in [0.4, 0.5) is 4.79 Å². The van der Waals surface area contributed by atoms with Gasteiger partial charge in [-0.05, 0) is 6.92 Å². The molecule has 0 spiro atoms. The minimum absolute atomic E-state index is 0.215. The van der Waals surface area contributed by atoms with Gasteiger partial charge >= 0.3 is 6.09 Å². The van der Waals surface area contributed by atoms with Crippen LogP contribution < -0.4 is 0 Å². The first-order chi connectivity index (χ1) is 5.27. The largest absolute Gasteiger partial charge is 0.443 e. The van der Waals surface area contributed by atoms with E-state index in [2.05, 4.69) is 0 Å². The van der Waals surface area contributed by atoms with Crippen molar-refractivity contribution >= 4 is 6.09 Å². The molecule has 1 unspecified atom stereocenters. The molecule has 1 amide bonds. The number of likely N-dealkylation sites (N-methyl/N-ethyl adjacent to an activating group) is 1. The lowest BCUT2D eigenvalue weighted by atomic mass is 10.3. The van der Waals surface area contributed by atoms with Crippen molar-refractivity contribution < 1.29 is 9.53 Å². The minimum atomic E-state index is -0.298. The molecule has 0 aromatic carbocycles. The molecule has 0 radical (unpaired) electrons. The fraction of sp³-hybridized carbons (Fsp3) is 0.714. The Labute approximate surface area is 65.4 Å². The van der Waals surface area contributed by atoms with Gasteiger partial charge in [0.25, 0.3) is 0 Å². The maximum atomic E-state index is 10.9. The number of nitriles is 1. The van der Waals surface area contributed by atoms with E-state index in [0.717, 1.165) is 0 Å². The summed E-state index contributed by atoms with van der Waals surface area (Å²) < 4.78 is 4.87. The molecule has 1 aliphatic rings. The number of carbonyl (C=O) groups is 1.